The summed E-state index contributed by atoms with van der Waals surface area (Å²) in [5.74, 6) is -0.108. The standard InChI is InChI=1S/C24H29N5O5S/c30-22(26-19-7-6-11-25-23(19)27-12-2-1-3-13-27)10-16-29-20-9-8-18(17-21(20)34-24(29)31)35(32,33)28-14-4-5-15-28/h6-9,11,17H,1-5,10,12-16H2,(H,26,30). The molecule has 11 heteroatoms. The van der Waals surface area contributed by atoms with E-state index < -0.39 is 15.8 Å². The minimum absolute atomic E-state index is 0.0523. The summed E-state index contributed by atoms with van der Waals surface area (Å²) in [5.41, 5.74) is 1.30. The molecule has 2 fully saturated rings. The molecule has 0 unspecified atom stereocenters. The fourth-order valence-corrected chi connectivity index (χ4v) is 6.31. The highest BCUT2D eigenvalue weighted by Gasteiger charge is 2.28. The van der Waals surface area contributed by atoms with Crippen molar-refractivity contribution in [3.63, 3.8) is 0 Å². The van der Waals surface area contributed by atoms with Crippen LogP contribution < -0.4 is 16.0 Å². The van der Waals surface area contributed by atoms with Crippen LogP contribution in [-0.2, 0) is 21.4 Å². The van der Waals surface area contributed by atoms with Crippen molar-refractivity contribution >= 4 is 38.5 Å². The molecule has 2 saturated heterocycles. The lowest BCUT2D eigenvalue weighted by atomic mass is 10.1. The highest BCUT2D eigenvalue weighted by Crippen LogP contribution is 2.27. The van der Waals surface area contributed by atoms with Crippen molar-refractivity contribution in [3.8, 4) is 0 Å². The molecule has 10 nitrogen and oxygen atoms in total. The lowest BCUT2D eigenvalue weighted by Gasteiger charge is -2.29. The summed E-state index contributed by atoms with van der Waals surface area (Å²) in [7, 11) is -3.62. The van der Waals surface area contributed by atoms with E-state index in [4.69, 9.17) is 4.42 Å². The summed E-state index contributed by atoms with van der Waals surface area (Å²) in [6.45, 7) is 2.92. The van der Waals surface area contributed by atoms with E-state index in [9.17, 15) is 18.0 Å². The van der Waals surface area contributed by atoms with Crippen LogP contribution >= 0.6 is 0 Å². The number of sulfonamides is 1. The molecule has 2 aromatic heterocycles. The molecule has 186 valence electrons. The molecule has 0 aliphatic carbocycles. The SMILES string of the molecule is O=C(CCn1c(=O)oc2cc(S(=O)(=O)N3CCCC3)ccc21)Nc1cccnc1N1CCCCC1. The molecule has 0 atom stereocenters. The highest BCUT2D eigenvalue weighted by molar-refractivity contribution is 7.89. The van der Waals surface area contributed by atoms with Crippen LogP contribution in [0.3, 0.4) is 0 Å². The Hall–Kier alpha value is -3.18. The van der Waals surface area contributed by atoms with Crippen molar-refractivity contribution in [2.75, 3.05) is 36.4 Å². The van der Waals surface area contributed by atoms with Crippen molar-refractivity contribution < 1.29 is 17.6 Å². The summed E-state index contributed by atoms with van der Waals surface area (Å²) in [5, 5.41) is 2.92. The van der Waals surface area contributed by atoms with E-state index in [0.29, 0.717) is 24.3 Å². The molecule has 0 radical (unpaired) electrons. The van der Waals surface area contributed by atoms with Gasteiger partial charge in [-0.25, -0.2) is 18.2 Å². The zero-order chi connectivity index (χ0) is 24.4. The average molecular weight is 500 g/mol. The van der Waals surface area contributed by atoms with Gasteiger partial charge in [-0.15, -0.1) is 0 Å². The molecule has 5 rings (SSSR count). The quantitative estimate of drug-likeness (QED) is 0.531. The number of fused-ring (bicyclic) bond motifs is 1. The summed E-state index contributed by atoms with van der Waals surface area (Å²) >= 11 is 0. The van der Waals surface area contributed by atoms with Gasteiger partial charge in [0.2, 0.25) is 15.9 Å². The predicted molar refractivity (Wildman–Crippen MR) is 132 cm³/mol. The van der Waals surface area contributed by atoms with Gasteiger partial charge in [0, 0.05) is 51.4 Å². The Morgan fingerprint density at radius 3 is 2.54 bits per heavy atom. The van der Waals surface area contributed by atoms with Crippen molar-refractivity contribution in [2.24, 2.45) is 0 Å². The first-order chi connectivity index (χ1) is 16.9. The second-order valence-electron chi connectivity index (χ2n) is 8.98. The second kappa shape index (κ2) is 9.82. The van der Waals surface area contributed by atoms with E-state index in [2.05, 4.69) is 15.2 Å². The third-order valence-corrected chi connectivity index (χ3v) is 8.52. The number of rotatable bonds is 7. The van der Waals surface area contributed by atoms with Gasteiger partial charge in [0.15, 0.2) is 11.4 Å². The van der Waals surface area contributed by atoms with E-state index in [0.717, 1.165) is 44.6 Å². The summed E-state index contributed by atoms with van der Waals surface area (Å²) in [6, 6.07) is 8.06. The van der Waals surface area contributed by atoms with E-state index >= 15 is 0 Å². The monoisotopic (exact) mass is 499 g/mol. The van der Waals surface area contributed by atoms with Crippen LogP contribution in [0.25, 0.3) is 11.1 Å². The van der Waals surface area contributed by atoms with Crippen LogP contribution in [0.2, 0.25) is 0 Å². The number of amides is 1. The maximum Gasteiger partial charge on any atom is 0.419 e. The largest absolute Gasteiger partial charge is 0.419 e. The number of carbonyl (C=O) groups is 1. The first-order valence-corrected chi connectivity index (χ1v) is 13.5. The number of piperidine rings is 1. The fraction of sp³-hybridized carbons (Fsp3) is 0.458. The first-order valence-electron chi connectivity index (χ1n) is 12.1. The normalized spacial score (nSPS) is 17.2. The number of nitrogens with one attached hydrogen (secondary N) is 1. The number of anilines is 2. The van der Waals surface area contributed by atoms with Crippen LogP contribution in [0, 0.1) is 0 Å². The number of aryl methyl sites for hydroxylation is 1. The van der Waals surface area contributed by atoms with Crippen LogP contribution in [0.1, 0.15) is 38.5 Å². The van der Waals surface area contributed by atoms with Gasteiger partial charge in [0.1, 0.15) is 0 Å². The summed E-state index contributed by atoms with van der Waals surface area (Å²) in [6.07, 6.45) is 6.85. The highest BCUT2D eigenvalue weighted by atomic mass is 32.2. The van der Waals surface area contributed by atoms with Gasteiger partial charge < -0.3 is 14.6 Å². The number of hydrogen-bond donors (Lipinski definition) is 1. The van der Waals surface area contributed by atoms with E-state index in [1.165, 1.54) is 27.4 Å². The maximum atomic E-state index is 12.8. The van der Waals surface area contributed by atoms with Crippen LogP contribution in [0.15, 0.2) is 50.6 Å². The molecule has 1 aromatic carbocycles. The van der Waals surface area contributed by atoms with Crippen molar-refractivity contribution in [2.45, 2.75) is 50.0 Å². The fourth-order valence-electron chi connectivity index (χ4n) is 4.77. The Morgan fingerprint density at radius 1 is 1.03 bits per heavy atom. The van der Waals surface area contributed by atoms with Gasteiger partial charge in [-0.3, -0.25) is 9.36 Å². The van der Waals surface area contributed by atoms with Gasteiger partial charge in [0.25, 0.3) is 0 Å². The zero-order valence-electron chi connectivity index (χ0n) is 19.5. The van der Waals surface area contributed by atoms with Gasteiger partial charge in [-0.2, -0.15) is 4.31 Å². The van der Waals surface area contributed by atoms with E-state index in [1.54, 1.807) is 18.3 Å². The molecular weight excluding hydrogens is 470 g/mol. The first kappa shape index (κ1) is 23.6. The Labute approximate surface area is 203 Å². The number of hydrogen-bond acceptors (Lipinski definition) is 7. The van der Waals surface area contributed by atoms with Crippen LogP contribution in [0.5, 0.6) is 0 Å². The van der Waals surface area contributed by atoms with E-state index in [1.807, 2.05) is 6.07 Å². The Morgan fingerprint density at radius 2 is 1.77 bits per heavy atom. The number of pyridine rings is 1. The average Bonchev–Trinajstić information content (AvgIpc) is 3.51. The predicted octanol–water partition coefficient (Wildman–Crippen LogP) is 2.79. The number of oxazole rings is 1. The lowest BCUT2D eigenvalue weighted by Crippen LogP contribution is -2.31. The van der Waals surface area contributed by atoms with E-state index in [-0.39, 0.29) is 29.4 Å². The van der Waals surface area contributed by atoms with Crippen molar-refractivity contribution in [1.82, 2.24) is 13.9 Å². The number of aromatic nitrogens is 2. The summed E-state index contributed by atoms with van der Waals surface area (Å²) < 4.78 is 33.8. The third kappa shape index (κ3) is 4.83. The number of carbonyl (C=O) groups excluding carboxylic acids is 1. The Kier molecular flexibility index (Phi) is 6.61. The Bertz CT molecular complexity index is 1380. The van der Waals surface area contributed by atoms with Crippen LogP contribution in [-0.4, -0.2) is 54.4 Å². The van der Waals surface area contributed by atoms with Gasteiger partial charge in [-0.05, 0) is 56.4 Å². The molecule has 1 N–H and O–H groups in total. The molecule has 0 bridgehead atoms. The third-order valence-electron chi connectivity index (χ3n) is 6.62. The molecule has 3 aromatic rings. The molecule has 0 spiro atoms. The number of benzene rings is 1. The van der Waals surface area contributed by atoms with Crippen LogP contribution in [0.4, 0.5) is 11.5 Å². The maximum absolute atomic E-state index is 12.8. The molecule has 2 aliphatic heterocycles. The zero-order valence-corrected chi connectivity index (χ0v) is 20.3. The number of nitrogens with zero attached hydrogens (tertiary/aromatic N) is 4. The van der Waals surface area contributed by atoms with Gasteiger partial charge in [-0.1, -0.05) is 0 Å². The van der Waals surface area contributed by atoms with Gasteiger partial charge in [0.05, 0.1) is 16.1 Å². The van der Waals surface area contributed by atoms with Crippen molar-refractivity contribution in [1.29, 1.82) is 0 Å². The minimum Gasteiger partial charge on any atom is -0.408 e. The molecule has 35 heavy (non-hydrogen) atoms. The smallest absolute Gasteiger partial charge is 0.408 e. The molecular formula is C24H29N5O5S. The topological polar surface area (TPSA) is 118 Å². The summed E-state index contributed by atoms with van der Waals surface area (Å²) in [4.78, 5) is 32.0. The molecule has 4 heterocycles. The molecule has 1 amide bonds. The Balaban J connectivity index is 1.30. The van der Waals surface area contributed by atoms with Crippen molar-refractivity contribution in [3.05, 3.63) is 47.1 Å². The minimum atomic E-state index is -3.62. The second-order valence-corrected chi connectivity index (χ2v) is 10.9. The lowest BCUT2D eigenvalue weighted by molar-refractivity contribution is -0.116. The molecule has 0 saturated carbocycles. The molecule has 2 aliphatic rings. The van der Waals surface area contributed by atoms with Gasteiger partial charge >= 0.3 is 5.76 Å².